The molecule has 120 valence electrons. The average molecular weight is 403 g/mol. The summed E-state index contributed by atoms with van der Waals surface area (Å²) in [5, 5.41) is 3.31. The Balaban J connectivity index is 1.80. The molecule has 1 aromatic carbocycles. The molecule has 0 spiro atoms. The van der Waals surface area contributed by atoms with Gasteiger partial charge in [-0.1, -0.05) is 33.6 Å². The monoisotopic (exact) mass is 401 g/mol. The van der Waals surface area contributed by atoms with Gasteiger partial charge in [0.25, 0.3) is 5.91 Å². The van der Waals surface area contributed by atoms with Crippen LogP contribution in [0, 0.1) is 0 Å². The molecule has 0 aliphatic carbocycles. The van der Waals surface area contributed by atoms with Crippen molar-refractivity contribution in [1.82, 2.24) is 15.3 Å². The standard InChI is InChI=1S/C18H13BrClN3O/c19-14-3-4-16(20)15(10-14)18(24)23-11-13-2-1-7-22-17(13)12-5-8-21-9-6-12/h1-10H,11H2,(H,23,24). The van der Waals surface area contributed by atoms with E-state index in [-0.39, 0.29) is 5.91 Å². The number of carbonyl (C=O) groups is 1. The van der Waals surface area contributed by atoms with E-state index in [0.717, 1.165) is 21.3 Å². The van der Waals surface area contributed by atoms with Crippen molar-refractivity contribution >= 4 is 33.4 Å². The molecule has 1 amide bonds. The molecule has 24 heavy (non-hydrogen) atoms. The van der Waals surface area contributed by atoms with Gasteiger partial charge in [0.1, 0.15) is 0 Å². The molecular formula is C18H13BrClN3O. The van der Waals surface area contributed by atoms with E-state index in [2.05, 4.69) is 31.2 Å². The van der Waals surface area contributed by atoms with E-state index in [1.165, 1.54) is 0 Å². The first-order valence-electron chi connectivity index (χ1n) is 7.22. The van der Waals surface area contributed by atoms with E-state index in [9.17, 15) is 4.79 Å². The SMILES string of the molecule is O=C(NCc1cccnc1-c1ccncc1)c1cc(Br)ccc1Cl. The van der Waals surface area contributed by atoms with Crippen LogP contribution in [0.3, 0.4) is 0 Å². The molecule has 0 fully saturated rings. The lowest BCUT2D eigenvalue weighted by Gasteiger charge is -2.11. The number of hydrogen-bond acceptors (Lipinski definition) is 3. The number of nitrogens with zero attached hydrogens (tertiary/aromatic N) is 2. The zero-order valence-corrected chi connectivity index (χ0v) is 14.9. The zero-order valence-electron chi connectivity index (χ0n) is 12.5. The van der Waals surface area contributed by atoms with Crippen LogP contribution in [0.5, 0.6) is 0 Å². The Morgan fingerprint density at radius 2 is 1.92 bits per heavy atom. The van der Waals surface area contributed by atoms with Crippen molar-refractivity contribution in [3.63, 3.8) is 0 Å². The zero-order chi connectivity index (χ0) is 16.9. The smallest absolute Gasteiger partial charge is 0.253 e. The second-order valence-corrected chi connectivity index (χ2v) is 6.38. The largest absolute Gasteiger partial charge is 0.348 e. The van der Waals surface area contributed by atoms with Crippen molar-refractivity contribution in [2.75, 3.05) is 0 Å². The third-order valence-electron chi connectivity index (χ3n) is 3.46. The Bertz CT molecular complexity index is 871. The van der Waals surface area contributed by atoms with E-state index >= 15 is 0 Å². The summed E-state index contributed by atoms with van der Waals surface area (Å²) in [5.74, 6) is -0.231. The normalized spacial score (nSPS) is 10.4. The van der Waals surface area contributed by atoms with Crippen molar-refractivity contribution in [2.24, 2.45) is 0 Å². The summed E-state index contributed by atoms with van der Waals surface area (Å²) >= 11 is 9.45. The summed E-state index contributed by atoms with van der Waals surface area (Å²) in [6.45, 7) is 0.354. The second kappa shape index (κ2) is 7.55. The van der Waals surface area contributed by atoms with Crippen LogP contribution in [-0.4, -0.2) is 15.9 Å². The van der Waals surface area contributed by atoms with E-state index in [0.29, 0.717) is 17.1 Å². The van der Waals surface area contributed by atoms with Crippen molar-refractivity contribution in [3.8, 4) is 11.3 Å². The molecule has 3 rings (SSSR count). The van der Waals surface area contributed by atoms with Crippen LogP contribution >= 0.6 is 27.5 Å². The molecule has 2 heterocycles. The number of rotatable bonds is 4. The second-order valence-electron chi connectivity index (χ2n) is 5.05. The fourth-order valence-corrected chi connectivity index (χ4v) is 2.86. The average Bonchev–Trinajstić information content (AvgIpc) is 2.62. The highest BCUT2D eigenvalue weighted by atomic mass is 79.9. The van der Waals surface area contributed by atoms with Gasteiger partial charge < -0.3 is 5.32 Å². The molecule has 0 atom stereocenters. The third-order valence-corrected chi connectivity index (χ3v) is 4.28. The Morgan fingerprint density at radius 1 is 1.12 bits per heavy atom. The van der Waals surface area contributed by atoms with Crippen LogP contribution in [-0.2, 0) is 6.54 Å². The summed E-state index contributed by atoms with van der Waals surface area (Å²) in [7, 11) is 0. The Morgan fingerprint density at radius 3 is 2.71 bits per heavy atom. The highest BCUT2D eigenvalue weighted by Gasteiger charge is 2.12. The number of nitrogens with one attached hydrogen (secondary N) is 1. The number of amides is 1. The van der Waals surface area contributed by atoms with Crippen molar-refractivity contribution in [1.29, 1.82) is 0 Å². The Labute approximate surface area is 153 Å². The molecule has 6 heteroatoms. The molecule has 0 aliphatic rings. The van der Waals surface area contributed by atoms with E-state index in [1.54, 1.807) is 36.8 Å². The van der Waals surface area contributed by atoms with Crippen LogP contribution < -0.4 is 5.32 Å². The van der Waals surface area contributed by atoms with Crippen LogP contribution in [0.1, 0.15) is 15.9 Å². The minimum Gasteiger partial charge on any atom is -0.348 e. The molecule has 4 nitrogen and oxygen atoms in total. The molecule has 3 aromatic rings. The third kappa shape index (κ3) is 3.80. The van der Waals surface area contributed by atoms with Crippen molar-refractivity contribution in [2.45, 2.75) is 6.54 Å². The fourth-order valence-electron chi connectivity index (χ4n) is 2.29. The first kappa shape index (κ1) is 16.6. The quantitative estimate of drug-likeness (QED) is 0.699. The van der Waals surface area contributed by atoms with E-state index < -0.39 is 0 Å². The van der Waals surface area contributed by atoms with Gasteiger partial charge in [0.2, 0.25) is 0 Å². The van der Waals surface area contributed by atoms with E-state index in [1.807, 2.05) is 24.3 Å². The van der Waals surface area contributed by atoms with Gasteiger partial charge in [0.05, 0.1) is 16.3 Å². The predicted molar refractivity (Wildman–Crippen MR) is 97.8 cm³/mol. The van der Waals surface area contributed by atoms with Crippen LogP contribution in [0.15, 0.2) is 65.5 Å². The van der Waals surface area contributed by atoms with Crippen LogP contribution in [0.25, 0.3) is 11.3 Å². The van der Waals surface area contributed by atoms with Gasteiger partial charge in [0.15, 0.2) is 0 Å². The van der Waals surface area contributed by atoms with Crippen molar-refractivity contribution in [3.05, 3.63) is 81.7 Å². The Kier molecular flexibility index (Phi) is 5.23. The number of benzene rings is 1. The van der Waals surface area contributed by atoms with Gasteiger partial charge in [-0.25, -0.2) is 0 Å². The highest BCUT2D eigenvalue weighted by Crippen LogP contribution is 2.22. The number of carbonyl (C=O) groups excluding carboxylic acids is 1. The first-order valence-corrected chi connectivity index (χ1v) is 8.40. The lowest BCUT2D eigenvalue weighted by molar-refractivity contribution is 0.0951. The maximum Gasteiger partial charge on any atom is 0.253 e. The molecule has 0 unspecified atom stereocenters. The number of hydrogen-bond donors (Lipinski definition) is 1. The van der Waals surface area contributed by atoms with Gasteiger partial charge in [0, 0.05) is 35.2 Å². The van der Waals surface area contributed by atoms with Gasteiger partial charge in [-0.2, -0.15) is 0 Å². The molecule has 1 N–H and O–H groups in total. The number of pyridine rings is 2. The van der Waals surface area contributed by atoms with Gasteiger partial charge in [-0.3, -0.25) is 14.8 Å². The maximum absolute atomic E-state index is 12.4. The molecule has 0 bridgehead atoms. The van der Waals surface area contributed by atoms with Gasteiger partial charge >= 0.3 is 0 Å². The minimum atomic E-state index is -0.231. The first-order chi connectivity index (χ1) is 11.6. The molecule has 0 aliphatic heterocycles. The molecule has 0 radical (unpaired) electrons. The fraction of sp³-hybridized carbons (Fsp3) is 0.0556. The van der Waals surface area contributed by atoms with Crippen molar-refractivity contribution < 1.29 is 4.79 Å². The van der Waals surface area contributed by atoms with E-state index in [4.69, 9.17) is 11.6 Å². The lowest BCUT2D eigenvalue weighted by Crippen LogP contribution is -2.23. The molecular weight excluding hydrogens is 390 g/mol. The number of aromatic nitrogens is 2. The Hall–Kier alpha value is -2.24. The molecule has 0 saturated carbocycles. The molecule has 0 saturated heterocycles. The predicted octanol–water partition coefficient (Wildman–Crippen LogP) is 4.49. The summed E-state index contributed by atoms with van der Waals surface area (Å²) in [4.78, 5) is 20.8. The summed E-state index contributed by atoms with van der Waals surface area (Å²) in [5.41, 5.74) is 3.12. The topological polar surface area (TPSA) is 54.9 Å². The summed E-state index contributed by atoms with van der Waals surface area (Å²) < 4.78 is 0.802. The summed E-state index contributed by atoms with van der Waals surface area (Å²) in [6.07, 6.45) is 5.16. The van der Waals surface area contributed by atoms with Crippen LogP contribution in [0.2, 0.25) is 5.02 Å². The van der Waals surface area contributed by atoms with Crippen LogP contribution in [0.4, 0.5) is 0 Å². The minimum absolute atomic E-state index is 0.231. The molecule has 2 aromatic heterocycles. The number of halogens is 2. The maximum atomic E-state index is 12.4. The highest BCUT2D eigenvalue weighted by molar-refractivity contribution is 9.10. The summed E-state index contributed by atoms with van der Waals surface area (Å²) in [6, 6.07) is 12.7. The lowest BCUT2D eigenvalue weighted by atomic mass is 10.1. The van der Waals surface area contributed by atoms with Gasteiger partial charge in [-0.15, -0.1) is 0 Å². The van der Waals surface area contributed by atoms with Gasteiger partial charge in [-0.05, 0) is 42.0 Å².